The van der Waals surface area contributed by atoms with Gasteiger partial charge < -0.3 is 29.6 Å². The van der Waals surface area contributed by atoms with Crippen molar-refractivity contribution in [2.24, 2.45) is 17.8 Å². The number of amides is 4. The van der Waals surface area contributed by atoms with Crippen molar-refractivity contribution in [1.82, 2.24) is 4.90 Å². The van der Waals surface area contributed by atoms with Crippen molar-refractivity contribution < 1.29 is 57.3 Å². The number of thiophene rings is 2. The van der Waals surface area contributed by atoms with Crippen LogP contribution in [0.1, 0.15) is 120 Å². The van der Waals surface area contributed by atoms with E-state index in [1.165, 1.54) is 49.0 Å². The molecule has 3 heterocycles. The largest absolute Gasteiger partial charge is 0.465 e. The van der Waals surface area contributed by atoms with Crippen LogP contribution in [0.2, 0.25) is 0 Å². The maximum Gasteiger partial charge on any atom is 0.341 e. The zero-order chi connectivity index (χ0) is 42.0. The molecule has 1 aliphatic heterocycles. The summed E-state index contributed by atoms with van der Waals surface area (Å²) in [5.41, 5.74) is 1.92. The van der Waals surface area contributed by atoms with Crippen LogP contribution in [0.3, 0.4) is 0 Å². The Bertz CT molecular complexity index is 2200. The van der Waals surface area contributed by atoms with Crippen LogP contribution < -0.4 is 10.6 Å². The molecule has 0 saturated heterocycles. The van der Waals surface area contributed by atoms with Crippen molar-refractivity contribution in [2.45, 2.75) is 78.7 Å². The molecule has 3 aliphatic rings. The van der Waals surface area contributed by atoms with E-state index in [0.717, 1.165) is 57.5 Å². The summed E-state index contributed by atoms with van der Waals surface area (Å²) in [4.78, 5) is 108. The molecule has 2 N–H and O–H groups in total. The zero-order valence-corrected chi connectivity index (χ0v) is 34.7. The first-order valence-corrected chi connectivity index (χ1v) is 20.7. The number of fused-ring (bicyclic) bond motifs is 3. The second kappa shape index (κ2) is 17.6. The minimum atomic E-state index is -1.40. The topological polar surface area (TPSA) is 201 Å². The molecule has 3 aromatic rings. The lowest BCUT2D eigenvalue weighted by molar-refractivity contribution is -0.151. The average Bonchev–Trinajstić information content (AvgIpc) is 3.81. The molecule has 2 aromatic heterocycles. The molecule has 15 nitrogen and oxygen atoms in total. The second-order valence-corrected chi connectivity index (χ2v) is 17.5. The number of methoxy groups -OCH3 is 2. The third-order valence-corrected chi connectivity index (χ3v) is 12.8. The predicted octanol–water partition coefficient (Wildman–Crippen LogP) is 5.62. The molecule has 0 radical (unpaired) electrons. The van der Waals surface area contributed by atoms with Gasteiger partial charge in [-0.2, -0.15) is 0 Å². The van der Waals surface area contributed by atoms with E-state index < -0.39 is 66.8 Å². The van der Waals surface area contributed by atoms with Crippen molar-refractivity contribution in [1.29, 1.82) is 0 Å². The number of imide groups is 1. The number of hydrogen-bond donors (Lipinski definition) is 2. The number of nitrogens with zero attached hydrogens (tertiary/aromatic N) is 1. The van der Waals surface area contributed by atoms with Crippen molar-refractivity contribution in [3.8, 4) is 0 Å². The average molecular weight is 836 g/mol. The Balaban J connectivity index is 1.10. The van der Waals surface area contributed by atoms with Crippen LogP contribution in [0, 0.1) is 17.8 Å². The summed E-state index contributed by atoms with van der Waals surface area (Å²) in [6, 6.07) is 2.29. The molecule has 2 aliphatic carbocycles. The molecule has 1 aromatic carbocycles. The van der Waals surface area contributed by atoms with E-state index in [4.69, 9.17) is 18.9 Å². The predicted molar refractivity (Wildman–Crippen MR) is 212 cm³/mol. The summed E-state index contributed by atoms with van der Waals surface area (Å²) >= 11 is 2.56. The van der Waals surface area contributed by atoms with E-state index in [1.54, 1.807) is 13.8 Å². The van der Waals surface area contributed by atoms with Crippen molar-refractivity contribution in [2.75, 3.05) is 38.1 Å². The van der Waals surface area contributed by atoms with Gasteiger partial charge in [-0.25, -0.2) is 19.2 Å². The summed E-state index contributed by atoms with van der Waals surface area (Å²) < 4.78 is 20.5. The minimum absolute atomic E-state index is 0.0161. The maximum atomic E-state index is 13.7. The van der Waals surface area contributed by atoms with Crippen molar-refractivity contribution in [3.63, 3.8) is 0 Å². The number of hydrogen-bond acceptors (Lipinski definition) is 14. The van der Waals surface area contributed by atoms with E-state index in [-0.39, 0.29) is 34.6 Å². The van der Waals surface area contributed by atoms with E-state index in [1.807, 2.05) is 0 Å². The first kappa shape index (κ1) is 42.2. The number of ether oxygens (including phenoxy) is 4. The van der Waals surface area contributed by atoms with Gasteiger partial charge in [0.15, 0.2) is 13.2 Å². The van der Waals surface area contributed by atoms with Gasteiger partial charge in [0.25, 0.3) is 23.6 Å². The highest BCUT2D eigenvalue weighted by molar-refractivity contribution is 7.17. The van der Waals surface area contributed by atoms with Crippen LogP contribution in [-0.4, -0.2) is 85.9 Å². The number of benzene rings is 1. The molecule has 0 fully saturated rings. The van der Waals surface area contributed by atoms with Crippen LogP contribution in [0.4, 0.5) is 10.0 Å². The van der Waals surface area contributed by atoms with Crippen LogP contribution in [0.5, 0.6) is 0 Å². The lowest BCUT2D eigenvalue weighted by atomic mass is 9.88. The van der Waals surface area contributed by atoms with Gasteiger partial charge in [0.2, 0.25) is 0 Å². The number of rotatable bonds is 13. The van der Waals surface area contributed by atoms with E-state index in [9.17, 15) is 38.4 Å². The first-order chi connectivity index (χ1) is 27.6. The summed E-state index contributed by atoms with van der Waals surface area (Å²) in [6.45, 7) is 6.33. The summed E-state index contributed by atoms with van der Waals surface area (Å²) in [7, 11) is 2.52. The van der Waals surface area contributed by atoms with Crippen LogP contribution in [0.15, 0.2) is 18.2 Å². The van der Waals surface area contributed by atoms with E-state index >= 15 is 0 Å². The molecule has 308 valence electrons. The molecule has 0 bridgehead atoms. The molecule has 0 unspecified atom stereocenters. The fourth-order valence-electron chi connectivity index (χ4n) is 7.51. The highest BCUT2D eigenvalue weighted by atomic mass is 32.1. The fourth-order valence-corrected chi connectivity index (χ4v) is 10.3. The van der Waals surface area contributed by atoms with Gasteiger partial charge in [0.05, 0.1) is 42.0 Å². The number of esters is 4. The molecule has 58 heavy (non-hydrogen) atoms. The number of anilines is 2. The highest BCUT2D eigenvalue weighted by Gasteiger charge is 2.44. The van der Waals surface area contributed by atoms with E-state index in [2.05, 4.69) is 24.5 Å². The lowest BCUT2D eigenvalue weighted by Crippen LogP contribution is -2.46. The first-order valence-electron chi connectivity index (χ1n) is 19.0. The third kappa shape index (κ3) is 8.70. The Labute approximate surface area is 342 Å². The molecule has 0 spiro atoms. The summed E-state index contributed by atoms with van der Waals surface area (Å²) in [5, 5.41) is 5.94. The highest BCUT2D eigenvalue weighted by Crippen LogP contribution is 2.41. The molecular formula is C41H45N3O12S2. The summed E-state index contributed by atoms with van der Waals surface area (Å²) in [6.07, 6.45) is 4.65. The Morgan fingerprint density at radius 3 is 1.74 bits per heavy atom. The van der Waals surface area contributed by atoms with Gasteiger partial charge in [-0.3, -0.25) is 24.1 Å². The fraction of sp³-hybridized carbons (Fsp3) is 0.463. The lowest BCUT2D eigenvalue weighted by Gasteiger charge is -2.25. The molecule has 4 amide bonds. The second-order valence-electron chi connectivity index (χ2n) is 15.3. The van der Waals surface area contributed by atoms with Crippen molar-refractivity contribution in [3.05, 3.63) is 66.9 Å². The molecule has 6 rings (SSSR count). The SMILES string of the molecule is COC(=O)c1c(NC(=O)COC(=O)[C@H](CC(C)C)N2C(=O)c3ccc(C(=O)OCC(=O)Nc4sc5c(c4C(=O)OC)CC[C@H](C)C5)cc3C2=O)sc2c1CC[C@@H](C)C2. The minimum Gasteiger partial charge on any atom is -0.465 e. The van der Waals surface area contributed by atoms with Gasteiger partial charge in [0.1, 0.15) is 16.0 Å². The molecule has 3 atom stereocenters. The summed E-state index contributed by atoms with van der Waals surface area (Å²) in [5.74, 6) is -5.52. The smallest absolute Gasteiger partial charge is 0.341 e. The van der Waals surface area contributed by atoms with Crippen molar-refractivity contribution >= 4 is 80.2 Å². The van der Waals surface area contributed by atoms with Crippen LogP contribution in [0.25, 0.3) is 0 Å². The van der Waals surface area contributed by atoms with Gasteiger partial charge in [0, 0.05) is 9.75 Å². The molecule has 0 saturated carbocycles. The third-order valence-electron chi connectivity index (χ3n) is 10.4. The molecule has 17 heteroatoms. The van der Waals surface area contributed by atoms with Gasteiger partial charge in [-0.1, -0.05) is 27.7 Å². The Morgan fingerprint density at radius 1 is 0.741 bits per heavy atom. The van der Waals surface area contributed by atoms with E-state index in [0.29, 0.717) is 40.2 Å². The van der Waals surface area contributed by atoms with Crippen LogP contribution in [-0.2, 0) is 59.0 Å². The zero-order valence-electron chi connectivity index (χ0n) is 33.1. The number of carbonyl (C=O) groups excluding carboxylic acids is 8. The van der Waals surface area contributed by atoms with Gasteiger partial charge >= 0.3 is 23.9 Å². The Morgan fingerprint density at radius 2 is 1.24 bits per heavy atom. The standard InChI is InChI=1S/C41H45N3O12S2/c1-19(2)13-27(39(50)56-18-31(46)43-35-33(41(52)54-6)25-11-8-21(4)15-29(25)58-35)44-36(47)23-12-9-22(16-26(23)37(44)48)38(49)55-17-30(45)42-34-32(40(51)53-5)24-10-7-20(3)14-28(24)57-34/h9,12,16,19-21,27H,7-8,10-11,13-15,17-18H2,1-6H3,(H,42,45)(H,43,46)/t20-,21+,27-/m0/s1. The normalized spacial score (nSPS) is 17.5. The molecular weight excluding hydrogens is 791 g/mol. The number of carbonyl (C=O) groups is 8. The number of nitrogens with one attached hydrogen (secondary N) is 2. The monoisotopic (exact) mass is 835 g/mol. The Hall–Kier alpha value is -5.42. The van der Waals surface area contributed by atoms with Crippen LogP contribution >= 0.6 is 22.7 Å². The Kier molecular flexibility index (Phi) is 12.8. The quantitative estimate of drug-likeness (QED) is 0.123. The maximum absolute atomic E-state index is 13.7. The van der Waals surface area contributed by atoms with Gasteiger partial charge in [-0.05, 0) is 92.0 Å². The van der Waals surface area contributed by atoms with Gasteiger partial charge in [-0.15, -0.1) is 22.7 Å².